The highest BCUT2D eigenvalue weighted by molar-refractivity contribution is 7.99. The molecule has 0 amide bonds. The van der Waals surface area contributed by atoms with Crippen molar-refractivity contribution in [2.24, 2.45) is 0 Å². The molecule has 3 heteroatoms. The summed E-state index contributed by atoms with van der Waals surface area (Å²) in [4.78, 5) is 0. The smallest absolute Gasteiger partial charge is 0.0172 e. The van der Waals surface area contributed by atoms with Crippen molar-refractivity contribution in [3.63, 3.8) is 0 Å². The van der Waals surface area contributed by atoms with Crippen LogP contribution in [0.2, 0.25) is 0 Å². The molecule has 0 radical (unpaired) electrons. The van der Waals surface area contributed by atoms with Crippen LogP contribution < -0.4 is 10.6 Å². The molecule has 0 aliphatic carbocycles. The molecular weight excluding hydrogens is 204 g/mol. The highest BCUT2D eigenvalue weighted by Gasteiger charge is 2.14. The lowest BCUT2D eigenvalue weighted by Gasteiger charge is -2.23. The summed E-state index contributed by atoms with van der Waals surface area (Å²) in [6.07, 6.45) is 5.49. The largest absolute Gasteiger partial charge is 0.315 e. The van der Waals surface area contributed by atoms with Crippen LogP contribution in [0.5, 0.6) is 0 Å². The number of thioether (sulfide) groups is 1. The van der Waals surface area contributed by atoms with E-state index in [1.165, 1.54) is 38.0 Å². The molecule has 0 aromatic rings. The van der Waals surface area contributed by atoms with Crippen molar-refractivity contribution in [3.05, 3.63) is 0 Å². The first-order valence-corrected chi connectivity index (χ1v) is 7.43. The lowest BCUT2D eigenvalue weighted by Crippen LogP contribution is -2.40. The summed E-state index contributed by atoms with van der Waals surface area (Å²) in [5.74, 6) is 1.37. The van der Waals surface area contributed by atoms with E-state index in [1.807, 2.05) is 0 Å². The molecule has 0 spiro atoms. The maximum Gasteiger partial charge on any atom is 0.0172 e. The van der Waals surface area contributed by atoms with Crippen molar-refractivity contribution in [2.45, 2.75) is 50.8 Å². The van der Waals surface area contributed by atoms with Crippen molar-refractivity contribution in [3.8, 4) is 0 Å². The fraction of sp³-hybridized carbons (Fsp3) is 1.00. The molecule has 0 aromatic heterocycles. The molecule has 2 atom stereocenters. The van der Waals surface area contributed by atoms with E-state index in [0.29, 0.717) is 6.04 Å². The van der Waals surface area contributed by atoms with E-state index in [0.717, 1.165) is 18.3 Å². The van der Waals surface area contributed by atoms with E-state index in [4.69, 9.17) is 0 Å². The predicted molar refractivity (Wildman–Crippen MR) is 70.7 cm³/mol. The summed E-state index contributed by atoms with van der Waals surface area (Å²) in [5, 5.41) is 7.95. The predicted octanol–water partition coefficient (Wildman–Crippen LogP) is 2.25. The van der Waals surface area contributed by atoms with Crippen molar-refractivity contribution in [2.75, 3.05) is 25.4 Å². The lowest BCUT2D eigenvalue weighted by molar-refractivity contribution is 0.488. The van der Waals surface area contributed by atoms with Crippen LogP contribution in [0.15, 0.2) is 0 Å². The Balaban J connectivity index is 1.97. The van der Waals surface area contributed by atoms with Crippen molar-refractivity contribution in [1.29, 1.82) is 0 Å². The number of nitrogens with one attached hydrogen (secondary N) is 2. The Labute approximate surface area is 99.0 Å². The molecule has 1 fully saturated rings. The average molecular weight is 230 g/mol. The minimum Gasteiger partial charge on any atom is -0.315 e. The van der Waals surface area contributed by atoms with Crippen LogP contribution in [0.1, 0.15) is 39.5 Å². The standard InChI is InChI=1S/C12H26N2S/c1-3-7-13-9-11(2)14-10-12-6-4-5-8-15-12/h11-14H,3-10H2,1-2H3. The molecule has 1 saturated heterocycles. The van der Waals surface area contributed by atoms with Crippen molar-refractivity contribution < 1.29 is 0 Å². The van der Waals surface area contributed by atoms with Crippen LogP contribution >= 0.6 is 11.8 Å². The van der Waals surface area contributed by atoms with E-state index < -0.39 is 0 Å². The van der Waals surface area contributed by atoms with E-state index in [-0.39, 0.29) is 0 Å². The van der Waals surface area contributed by atoms with Crippen LogP contribution in [-0.2, 0) is 0 Å². The van der Waals surface area contributed by atoms with Crippen LogP contribution in [0, 0.1) is 0 Å². The molecule has 1 rings (SSSR count). The van der Waals surface area contributed by atoms with Gasteiger partial charge >= 0.3 is 0 Å². The summed E-state index contributed by atoms with van der Waals surface area (Å²) in [6, 6.07) is 0.610. The van der Waals surface area contributed by atoms with Gasteiger partial charge in [-0.15, -0.1) is 0 Å². The number of hydrogen-bond acceptors (Lipinski definition) is 3. The van der Waals surface area contributed by atoms with Gasteiger partial charge in [-0.1, -0.05) is 13.3 Å². The fourth-order valence-corrected chi connectivity index (χ4v) is 3.12. The Morgan fingerprint density at radius 3 is 2.93 bits per heavy atom. The van der Waals surface area contributed by atoms with Gasteiger partial charge in [0, 0.05) is 24.4 Å². The van der Waals surface area contributed by atoms with Gasteiger partial charge in [-0.2, -0.15) is 11.8 Å². The summed E-state index contributed by atoms with van der Waals surface area (Å²) in [5.41, 5.74) is 0. The minimum absolute atomic E-state index is 0.610. The van der Waals surface area contributed by atoms with Gasteiger partial charge in [0.2, 0.25) is 0 Å². The second-order valence-corrected chi connectivity index (χ2v) is 5.91. The number of rotatable bonds is 7. The fourth-order valence-electron chi connectivity index (χ4n) is 1.87. The third-order valence-electron chi connectivity index (χ3n) is 2.85. The van der Waals surface area contributed by atoms with Crippen LogP contribution in [-0.4, -0.2) is 36.7 Å². The highest BCUT2D eigenvalue weighted by atomic mass is 32.2. The first kappa shape index (κ1) is 13.3. The van der Waals surface area contributed by atoms with Crippen LogP contribution in [0.4, 0.5) is 0 Å². The third-order valence-corrected chi connectivity index (χ3v) is 4.24. The van der Waals surface area contributed by atoms with Crippen LogP contribution in [0.25, 0.3) is 0 Å². The summed E-state index contributed by atoms with van der Waals surface area (Å²) < 4.78 is 0. The van der Waals surface area contributed by atoms with Gasteiger partial charge in [0.15, 0.2) is 0 Å². The minimum atomic E-state index is 0.610. The van der Waals surface area contributed by atoms with E-state index >= 15 is 0 Å². The Kier molecular flexibility index (Phi) is 7.49. The highest BCUT2D eigenvalue weighted by Crippen LogP contribution is 2.24. The molecule has 1 heterocycles. The second-order valence-electron chi connectivity index (χ2n) is 4.50. The van der Waals surface area contributed by atoms with E-state index in [1.54, 1.807) is 0 Å². The van der Waals surface area contributed by atoms with Gasteiger partial charge in [0.1, 0.15) is 0 Å². The Hall–Kier alpha value is 0.270. The van der Waals surface area contributed by atoms with Gasteiger partial charge in [-0.3, -0.25) is 0 Å². The third kappa shape index (κ3) is 6.44. The first-order valence-electron chi connectivity index (χ1n) is 6.38. The van der Waals surface area contributed by atoms with Crippen molar-refractivity contribution >= 4 is 11.8 Å². The molecule has 2 nitrogen and oxygen atoms in total. The lowest BCUT2D eigenvalue weighted by atomic mass is 10.2. The molecule has 0 aromatic carbocycles. The maximum absolute atomic E-state index is 3.63. The van der Waals surface area contributed by atoms with Gasteiger partial charge in [-0.05, 0) is 38.5 Å². The molecule has 2 N–H and O–H groups in total. The summed E-state index contributed by atoms with van der Waals surface area (Å²) in [6.45, 7) is 7.93. The molecule has 1 aliphatic rings. The Morgan fingerprint density at radius 1 is 1.40 bits per heavy atom. The molecule has 1 aliphatic heterocycles. The maximum atomic E-state index is 3.63. The molecular formula is C12H26N2S. The quantitative estimate of drug-likeness (QED) is 0.656. The second kappa shape index (κ2) is 8.43. The normalized spacial score (nSPS) is 24.0. The molecule has 15 heavy (non-hydrogen) atoms. The van der Waals surface area contributed by atoms with Gasteiger partial charge in [0.25, 0.3) is 0 Å². The topological polar surface area (TPSA) is 24.1 Å². The summed E-state index contributed by atoms with van der Waals surface area (Å²) in [7, 11) is 0. The monoisotopic (exact) mass is 230 g/mol. The molecule has 2 unspecified atom stereocenters. The van der Waals surface area contributed by atoms with Crippen molar-refractivity contribution in [1.82, 2.24) is 10.6 Å². The zero-order chi connectivity index (χ0) is 10.9. The van der Waals surface area contributed by atoms with E-state index in [2.05, 4.69) is 36.2 Å². The molecule has 0 bridgehead atoms. The van der Waals surface area contributed by atoms with Crippen LogP contribution in [0.3, 0.4) is 0 Å². The zero-order valence-corrected chi connectivity index (χ0v) is 11.0. The molecule has 90 valence electrons. The van der Waals surface area contributed by atoms with Gasteiger partial charge in [-0.25, -0.2) is 0 Å². The Morgan fingerprint density at radius 2 is 2.27 bits per heavy atom. The first-order chi connectivity index (χ1) is 7.33. The average Bonchev–Trinajstić information content (AvgIpc) is 2.28. The van der Waals surface area contributed by atoms with E-state index in [9.17, 15) is 0 Å². The Bertz CT molecular complexity index is 147. The van der Waals surface area contributed by atoms with Gasteiger partial charge < -0.3 is 10.6 Å². The summed E-state index contributed by atoms with van der Waals surface area (Å²) >= 11 is 2.15. The molecule has 0 saturated carbocycles. The SMILES string of the molecule is CCCNCC(C)NCC1CCCCS1. The number of hydrogen-bond donors (Lipinski definition) is 2. The van der Waals surface area contributed by atoms with Gasteiger partial charge in [0.05, 0.1) is 0 Å². The zero-order valence-electron chi connectivity index (χ0n) is 10.2.